The van der Waals surface area contributed by atoms with Crippen LogP contribution in [0.4, 0.5) is 5.69 Å². The second-order valence-corrected chi connectivity index (χ2v) is 6.36. The summed E-state index contributed by atoms with van der Waals surface area (Å²) < 4.78 is 27.3. The van der Waals surface area contributed by atoms with E-state index < -0.39 is 10.0 Å². The summed E-state index contributed by atoms with van der Waals surface area (Å²) in [6.07, 6.45) is 1.52. The molecule has 0 aliphatic rings. The molecule has 0 aromatic heterocycles. The molecule has 0 heterocycles. The first-order valence-electron chi connectivity index (χ1n) is 4.98. The van der Waals surface area contributed by atoms with Crippen LogP contribution in [0.5, 0.6) is 0 Å². The van der Waals surface area contributed by atoms with Crippen LogP contribution >= 0.6 is 15.9 Å². The molecule has 94 valence electrons. The molecule has 1 rings (SSSR count). The van der Waals surface area contributed by atoms with Gasteiger partial charge in [0.05, 0.1) is 4.90 Å². The first-order valence-corrected chi connectivity index (χ1v) is 7.26. The van der Waals surface area contributed by atoms with Gasteiger partial charge in [-0.05, 0) is 31.5 Å². The van der Waals surface area contributed by atoms with Crippen LogP contribution in [0, 0.1) is 6.92 Å². The fourth-order valence-corrected chi connectivity index (χ4v) is 3.45. The molecule has 0 amide bonds. The van der Waals surface area contributed by atoms with Gasteiger partial charge in [-0.25, -0.2) is 13.1 Å². The quantitative estimate of drug-likeness (QED) is 0.660. The second-order valence-electron chi connectivity index (χ2n) is 3.76. The maximum atomic E-state index is 12.1. The number of hydrogen-bond acceptors (Lipinski definition) is 3. The number of hydrogen-bond donors (Lipinski definition) is 2. The van der Waals surface area contributed by atoms with Crippen molar-refractivity contribution in [1.29, 1.82) is 0 Å². The SMILES string of the molecule is C=CC(C)NS(=O)(=O)c1cc(Br)cc(N)c1C. The molecule has 0 saturated heterocycles. The van der Waals surface area contributed by atoms with Crippen LogP contribution in [0.25, 0.3) is 0 Å². The average molecular weight is 319 g/mol. The third-order valence-electron chi connectivity index (χ3n) is 2.35. The number of benzene rings is 1. The number of sulfonamides is 1. The smallest absolute Gasteiger partial charge is 0.241 e. The summed E-state index contributed by atoms with van der Waals surface area (Å²) in [5, 5.41) is 0. The highest BCUT2D eigenvalue weighted by Gasteiger charge is 2.20. The Balaban J connectivity index is 3.29. The molecule has 0 aliphatic heterocycles. The topological polar surface area (TPSA) is 72.2 Å². The van der Waals surface area contributed by atoms with Crippen LogP contribution < -0.4 is 10.5 Å². The number of nitrogens with two attached hydrogens (primary N) is 1. The summed E-state index contributed by atoms with van der Waals surface area (Å²) in [7, 11) is -3.58. The maximum absolute atomic E-state index is 12.1. The minimum absolute atomic E-state index is 0.179. The van der Waals surface area contributed by atoms with E-state index in [1.54, 1.807) is 19.9 Å². The Morgan fingerprint density at radius 1 is 1.53 bits per heavy atom. The van der Waals surface area contributed by atoms with E-state index in [-0.39, 0.29) is 10.9 Å². The Kier molecular flexibility index (Phi) is 4.35. The summed E-state index contributed by atoms with van der Waals surface area (Å²) in [4.78, 5) is 0.179. The molecule has 0 spiro atoms. The molecule has 6 heteroatoms. The van der Waals surface area contributed by atoms with Crippen molar-refractivity contribution in [2.45, 2.75) is 24.8 Å². The normalized spacial score (nSPS) is 13.4. The van der Waals surface area contributed by atoms with Crippen LogP contribution in [-0.2, 0) is 10.0 Å². The number of halogens is 1. The van der Waals surface area contributed by atoms with Crippen LogP contribution in [0.15, 0.2) is 34.2 Å². The zero-order valence-electron chi connectivity index (χ0n) is 9.70. The number of nitrogen functional groups attached to an aromatic ring is 1. The molecule has 0 radical (unpaired) electrons. The number of rotatable bonds is 4. The second kappa shape index (κ2) is 5.20. The van der Waals surface area contributed by atoms with Gasteiger partial charge in [0.1, 0.15) is 0 Å². The van der Waals surface area contributed by atoms with E-state index in [0.29, 0.717) is 15.7 Å². The monoisotopic (exact) mass is 318 g/mol. The van der Waals surface area contributed by atoms with Crippen LogP contribution in [0.2, 0.25) is 0 Å². The van der Waals surface area contributed by atoms with Gasteiger partial charge in [-0.1, -0.05) is 22.0 Å². The molecule has 17 heavy (non-hydrogen) atoms. The van der Waals surface area contributed by atoms with Gasteiger partial charge in [-0.3, -0.25) is 0 Å². The molecule has 1 aromatic carbocycles. The Morgan fingerprint density at radius 3 is 2.65 bits per heavy atom. The molecule has 4 nitrogen and oxygen atoms in total. The molecule has 0 aliphatic carbocycles. The van der Waals surface area contributed by atoms with Gasteiger partial charge in [0, 0.05) is 16.2 Å². The maximum Gasteiger partial charge on any atom is 0.241 e. The Hall–Kier alpha value is -0.850. The highest BCUT2D eigenvalue weighted by Crippen LogP contribution is 2.26. The summed E-state index contributed by atoms with van der Waals surface area (Å²) in [6.45, 7) is 6.92. The summed E-state index contributed by atoms with van der Waals surface area (Å²) in [5.74, 6) is 0. The van der Waals surface area contributed by atoms with Gasteiger partial charge in [-0.2, -0.15) is 0 Å². The van der Waals surface area contributed by atoms with Crippen molar-refractivity contribution in [3.63, 3.8) is 0 Å². The van der Waals surface area contributed by atoms with E-state index in [9.17, 15) is 8.42 Å². The van der Waals surface area contributed by atoms with Crippen molar-refractivity contribution in [2.75, 3.05) is 5.73 Å². The standard InChI is InChI=1S/C11H15BrN2O2S/c1-4-7(2)14-17(15,16)11-6-9(12)5-10(13)8(11)3/h4-7,14H,1,13H2,2-3H3. The summed E-state index contributed by atoms with van der Waals surface area (Å²) in [6, 6.07) is 2.87. The third-order valence-corrected chi connectivity index (χ3v) is 4.49. The molecule has 1 aromatic rings. The predicted octanol–water partition coefficient (Wildman–Crippen LogP) is 2.19. The molecular weight excluding hydrogens is 304 g/mol. The minimum atomic E-state index is -3.58. The van der Waals surface area contributed by atoms with E-state index in [0.717, 1.165) is 0 Å². The van der Waals surface area contributed by atoms with E-state index in [1.165, 1.54) is 12.1 Å². The van der Waals surface area contributed by atoms with Crippen LogP contribution in [0.3, 0.4) is 0 Å². The predicted molar refractivity (Wildman–Crippen MR) is 73.3 cm³/mol. The molecule has 1 atom stereocenters. The lowest BCUT2D eigenvalue weighted by atomic mass is 10.2. The first kappa shape index (κ1) is 14.2. The van der Waals surface area contributed by atoms with Crippen molar-refractivity contribution in [1.82, 2.24) is 4.72 Å². The summed E-state index contributed by atoms with van der Waals surface area (Å²) >= 11 is 3.23. The fraction of sp³-hybridized carbons (Fsp3) is 0.273. The number of anilines is 1. The van der Waals surface area contributed by atoms with Crippen molar-refractivity contribution in [3.8, 4) is 0 Å². The first-order chi connectivity index (χ1) is 7.77. The van der Waals surface area contributed by atoms with Crippen molar-refractivity contribution >= 4 is 31.6 Å². The zero-order valence-corrected chi connectivity index (χ0v) is 12.1. The Morgan fingerprint density at radius 2 is 2.12 bits per heavy atom. The molecular formula is C11H15BrN2O2S. The lowest BCUT2D eigenvalue weighted by Gasteiger charge is -2.14. The third kappa shape index (κ3) is 3.31. The van der Waals surface area contributed by atoms with E-state index >= 15 is 0 Å². The molecule has 3 N–H and O–H groups in total. The van der Waals surface area contributed by atoms with Crippen molar-refractivity contribution in [3.05, 3.63) is 34.8 Å². The lowest BCUT2D eigenvalue weighted by molar-refractivity contribution is 0.575. The summed E-state index contributed by atoms with van der Waals surface area (Å²) in [5.41, 5.74) is 6.71. The average Bonchev–Trinajstić information content (AvgIpc) is 2.22. The van der Waals surface area contributed by atoms with E-state index in [1.807, 2.05) is 0 Å². The Bertz CT molecular complexity index is 541. The van der Waals surface area contributed by atoms with E-state index in [2.05, 4.69) is 27.2 Å². The molecule has 0 saturated carbocycles. The van der Waals surface area contributed by atoms with Crippen molar-refractivity contribution in [2.24, 2.45) is 0 Å². The lowest BCUT2D eigenvalue weighted by Crippen LogP contribution is -2.31. The van der Waals surface area contributed by atoms with Gasteiger partial charge in [0.2, 0.25) is 10.0 Å². The zero-order chi connectivity index (χ0) is 13.2. The van der Waals surface area contributed by atoms with Gasteiger partial charge in [0.25, 0.3) is 0 Å². The highest BCUT2D eigenvalue weighted by atomic mass is 79.9. The highest BCUT2D eigenvalue weighted by molar-refractivity contribution is 9.10. The Labute approximate surface area is 110 Å². The molecule has 0 fully saturated rings. The fourth-order valence-electron chi connectivity index (χ4n) is 1.31. The van der Waals surface area contributed by atoms with Crippen molar-refractivity contribution < 1.29 is 8.42 Å². The van der Waals surface area contributed by atoms with Gasteiger partial charge >= 0.3 is 0 Å². The number of nitrogens with one attached hydrogen (secondary N) is 1. The molecule has 0 bridgehead atoms. The van der Waals surface area contributed by atoms with Crippen LogP contribution in [-0.4, -0.2) is 14.5 Å². The minimum Gasteiger partial charge on any atom is -0.398 e. The van der Waals surface area contributed by atoms with E-state index in [4.69, 9.17) is 5.73 Å². The largest absolute Gasteiger partial charge is 0.398 e. The van der Waals surface area contributed by atoms with Gasteiger partial charge < -0.3 is 5.73 Å². The van der Waals surface area contributed by atoms with Crippen LogP contribution in [0.1, 0.15) is 12.5 Å². The molecule has 1 unspecified atom stereocenters. The van der Waals surface area contributed by atoms with Gasteiger partial charge in [0.15, 0.2) is 0 Å². The van der Waals surface area contributed by atoms with Gasteiger partial charge in [-0.15, -0.1) is 6.58 Å².